The quantitative estimate of drug-likeness (QED) is 0.843. The van der Waals surface area contributed by atoms with Gasteiger partial charge in [-0.05, 0) is 43.9 Å². The van der Waals surface area contributed by atoms with Crippen molar-refractivity contribution in [2.24, 2.45) is 0 Å². The third-order valence-corrected chi connectivity index (χ3v) is 2.91. The number of benzene rings is 1. The van der Waals surface area contributed by atoms with Crippen molar-refractivity contribution in [3.63, 3.8) is 0 Å². The van der Waals surface area contributed by atoms with Crippen LogP contribution in [-0.4, -0.2) is 23.2 Å². The molecular formula is C15H23NO2. The van der Waals surface area contributed by atoms with Crippen LogP contribution in [-0.2, 0) is 0 Å². The van der Waals surface area contributed by atoms with Gasteiger partial charge in [0.25, 0.3) is 5.91 Å². The van der Waals surface area contributed by atoms with Gasteiger partial charge in [0.1, 0.15) is 0 Å². The Morgan fingerprint density at radius 1 is 1.17 bits per heavy atom. The molecule has 1 rings (SSSR count). The van der Waals surface area contributed by atoms with E-state index in [0.717, 1.165) is 0 Å². The molecule has 100 valence electrons. The van der Waals surface area contributed by atoms with Crippen LogP contribution in [0.5, 0.6) is 0 Å². The molecule has 2 atom stereocenters. The van der Waals surface area contributed by atoms with Crippen LogP contribution in [0.25, 0.3) is 0 Å². The minimum atomic E-state index is -0.399. The van der Waals surface area contributed by atoms with E-state index in [4.69, 9.17) is 0 Å². The highest BCUT2D eigenvalue weighted by molar-refractivity contribution is 5.94. The van der Waals surface area contributed by atoms with Crippen LogP contribution >= 0.6 is 0 Å². The average molecular weight is 249 g/mol. The van der Waals surface area contributed by atoms with Crippen LogP contribution in [0.3, 0.4) is 0 Å². The molecule has 0 saturated carbocycles. The van der Waals surface area contributed by atoms with E-state index in [0.29, 0.717) is 17.9 Å². The number of amides is 1. The molecule has 0 fully saturated rings. The lowest BCUT2D eigenvalue weighted by Gasteiger charge is -2.15. The fraction of sp³-hybridized carbons (Fsp3) is 0.533. The molecular weight excluding hydrogens is 226 g/mol. The van der Waals surface area contributed by atoms with Gasteiger partial charge >= 0.3 is 0 Å². The summed E-state index contributed by atoms with van der Waals surface area (Å²) in [5.41, 5.74) is 1.89. The molecule has 1 aromatic carbocycles. The van der Waals surface area contributed by atoms with Crippen LogP contribution in [0.2, 0.25) is 0 Å². The average Bonchev–Trinajstić information content (AvgIpc) is 2.27. The molecule has 2 unspecified atom stereocenters. The maximum atomic E-state index is 11.9. The third kappa shape index (κ3) is 4.49. The van der Waals surface area contributed by atoms with Crippen molar-refractivity contribution < 1.29 is 9.90 Å². The van der Waals surface area contributed by atoms with Gasteiger partial charge in [-0.2, -0.15) is 0 Å². The van der Waals surface area contributed by atoms with Gasteiger partial charge in [-0.1, -0.05) is 26.0 Å². The highest BCUT2D eigenvalue weighted by atomic mass is 16.3. The largest absolute Gasteiger partial charge is 0.393 e. The Balaban J connectivity index is 2.61. The Bertz CT molecular complexity index is 382. The Morgan fingerprint density at radius 2 is 1.72 bits per heavy atom. The lowest BCUT2D eigenvalue weighted by atomic mass is 10.0. The molecule has 3 nitrogen and oxygen atoms in total. The van der Waals surface area contributed by atoms with Crippen LogP contribution < -0.4 is 5.32 Å². The first kappa shape index (κ1) is 14.7. The molecule has 1 amide bonds. The predicted octanol–water partition coefficient (Wildman–Crippen LogP) is 2.70. The fourth-order valence-corrected chi connectivity index (χ4v) is 1.90. The number of carbonyl (C=O) groups is 1. The van der Waals surface area contributed by atoms with Crippen molar-refractivity contribution in [3.8, 4) is 0 Å². The van der Waals surface area contributed by atoms with Crippen molar-refractivity contribution in [1.29, 1.82) is 0 Å². The normalized spacial score (nSPS) is 14.3. The summed E-state index contributed by atoms with van der Waals surface area (Å²) >= 11 is 0. The topological polar surface area (TPSA) is 49.3 Å². The van der Waals surface area contributed by atoms with Crippen LogP contribution in [0.1, 0.15) is 56.0 Å². The molecule has 0 aliphatic carbocycles. The van der Waals surface area contributed by atoms with Gasteiger partial charge < -0.3 is 10.4 Å². The SMILES string of the molecule is CC(O)CC(C)NC(=O)c1ccc(C(C)C)cc1. The third-order valence-electron chi connectivity index (χ3n) is 2.91. The number of nitrogens with one attached hydrogen (secondary N) is 1. The summed E-state index contributed by atoms with van der Waals surface area (Å²) in [6, 6.07) is 7.64. The number of aliphatic hydroxyl groups is 1. The molecule has 0 radical (unpaired) electrons. The Hall–Kier alpha value is -1.35. The molecule has 0 heterocycles. The number of hydrogen-bond donors (Lipinski definition) is 2. The Labute approximate surface area is 109 Å². The van der Waals surface area contributed by atoms with E-state index in [1.54, 1.807) is 6.92 Å². The van der Waals surface area contributed by atoms with Crippen LogP contribution in [0, 0.1) is 0 Å². The van der Waals surface area contributed by atoms with Crippen molar-refractivity contribution in [2.45, 2.75) is 52.2 Å². The Kier molecular flexibility index (Phi) is 5.35. The standard InChI is InChI=1S/C15H23NO2/c1-10(2)13-5-7-14(8-6-13)15(18)16-11(3)9-12(4)17/h5-8,10-12,17H,9H2,1-4H3,(H,16,18). The van der Waals surface area contributed by atoms with Gasteiger partial charge in [0, 0.05) is 11.6 Å². The van der Waals surface area contributed by atoms with Crippen molar-refractivity contribution >= 4 is 5.91 Å². The van der Waals surface area contributed by atoms with Gasteiger partial charge in [-0.3, -0.25) is 4.79 Å². The summed E-state index contributed by atoms with van der Waals surface area (Å²) in [6.45, 7) is 7.87. The summed E-state index contributed by atoms with van der Waals surface area (Å²) in [5.74, 6) is 0.384. The number of aliphatic hydroxyl groups excluding tert-OH is 1. The van der Waals surface area contributed by atoms with Gasteiger partial charge in [-0.15, -0.1) is 0 Å². The van der Waals surface area contributed by atoms with Crippen LogP contribution in [0.4, 0.5) is 0 Å². The second-order valence-electron chi connectivity index (χ2n) is 5.24. The van der Waals surface area contributed by atoms with Crippen molar-refractivity contribution in [3.05, 3.63) is 35.4 Å². The first-order chi connectivity index (χ1) is 8.40. The highest BCUT2D eigenvalue weighted by Gasteiger charge is 2.11. The summed E-state index contributed by atoms with van der Waals surface area (Å²) in [7, 11) is 0. The molecule has 2 N–H and O–H groups in total. The maximum Gasteiger partial charge on any atom is 0.251 e. The van der Waals surface area contributed by atoms with Crippen molar-refractivity contribution in [1.82, 2.24) is 5.32 Å². The lowest BCUT2D eigenvalue weighted by Crippen LogP contribution is -2.34. The number of rotatable bonds is 5. The number of hydrogen-bond acceptors (Lipinski definition) is 2. The van der Waals surface area contributed by atoms with Gasteiger partial charge in [0.2, 0.25) is 0 Å². The zero-order valence-corrected chi connectivity index (χ0v) is 11.6. The summed E-state index contributed by atoms with van der Waals surface area (Å²) in [6.07, 6.45) is 0.166. The van der Waals surface area contributed by atoms with E-state index in [9.17, 15) is 9.90 Å². The predicted molar refractivity (Wildman–Crippen MR) is 73.8 cm³/mol. The number of carbonyl (C=O) groups excluding carboxylic acids is 1. The zero-order chi connectivity index (χ0) is 13.7. The smallest absolute Gasteiger partial charge is 0.251 e. The zero-order valence-electron chi connectivity index (χ0n) is 11.6. The molecule has 0 aliphatic heterocycles. The first-order valence-electron chi connectivity index (χ1n) is 6.49. The summed E-state index contributed by atoms with van der Waals surface area (Å²) < 4.78 is 0. The fourth-order valence-electron chi connectivity index (χ4n) is 1.90. The lowest BCUT2D eigenvalue weighted by molar-refractivity contribution is 0.0923. The van der Waals surface area contributed by atoms with Crippen molar-refractivity contribution in [2.75, 3.05) is 0 Å². The second kappa shape index (κ2) is 6.55. The minimum absolute atomic E-state index is 0.0257. The van der Waals surface area contributed by atoms with E-state index in [1.165, 1.54) is 5.56 Å². The van der Waals surface area contributed by atoms with Gasteiger partial charge in [0.05, 0.1) is 6.10 Å². The summed E-state index contributed by atoms with van der Waals surface area (Å²) in [4.78, 5) is 11.9. The molecule has 1 aromatic rings. The summed E-state index contributed by atoms with van der Waals surface area (Å²) in [5, 5.41) is 12.1. The van der Waals surface area contributed by atoms with E-state index in [2.05, 4.69) is 19.2 Å². The monoisotopic (exact) mass is 249 g/mol. The minimum Gasteiger partial charge on any atom is -0.393 e. The maximum absolute atomic E-state index is 11.9. The molecule has 0 saturated heterocycles. The van der Waals surface area contributed by atoms with Crippen LogP contribution in [0.15, 0.2) is 24.3 Å². The second-order valence-corrected chi connectivity index (χ2v) is 5.24. The van der Waals surface area contributed by atoms with E-state index < -0.39 is 6.10 Å². The van der Waals surface area contributed by atoms with Gasteiger partial charge in [0.15, 0.2) is 0 Å². The molecule has 3 heteroatoms. The first-order valence-corrected chi connectivity index (χ1v) is 6.49. The van der Waals surface area contributed by atoms with E-state index in [1.807, 2.05) is 31.2 Å². The Morgan fingerprint density at radius 3 is 2.17 bits per heavy atom. The molecule has 0 aromatic heterocycles. The molecule has 0 spiro atoms. The highest BCUT2D eigenvalue weighted by Crippen LogP contribution is 2.14. The van der Waals surface area contributed by atoms with E-state index in [-0.39, 0.29) is 11.9 Å². The molecule has 0 bridgehead atoms. The van der Waals surface area contributed by atoms with E-state index >= 15 is 0 Å². The molecule has 18 heavy (non-hydrogen) atoms. The molecule has 0 aliphatic rings. The van der Waals surface area contributed by atoms with Gasteiger partial charge in [-0.25, -0.2) is 0 Å².